The fraction of sp³-hybridized carbons (Fsp3) is 0.0556. The van der Waals surface area contributed by atoms with Crippen molar-refractivity contribution in [1.82, 2.24) is 0 Å². The standard InChI is InChI=1S/C18H14O2/c1-2-6-18(19)20-17-10-5-9-15-11-13-7-3-4-8-14(13)12-16(15)17/h2-12H,1H3. The van der Waals surface area contributed by atoms with Crippen molar-refractivity contribution < 1.29 is 9.53 Å². The molecular weight excluding hydrogens is 248 g/mol. The lowest BCUT2D eigenvalue weighted by molar-refractivity contribution is -0.128. The molecule has 3 rings (SSSR count). The van der Waals surface area contributed by atoms with Gasteiger partial charge in [-0.1, -0.05) is 42.5 Å². The van der Waals surface area contributed by atoms with Crippen LogP contribution in [-0.4, -0.2) is 5.97 Å². The second-order valence-corrected chi connectivity index (χ2v) is 4.60. The molecule has 20 heavy (non-hydrogen) atoms. The summed E-state index contributed by atoms with van der Waals surface area (Å²) < 4.78 is 5.39. The summed E-state index contributed by atoms with van der Waals surface area (Å²) in [6.45, 7) is 1.79. The van der Waals surface area contributed by atoms with Gasteiger partial charge in [0.05, 0.1) is 0 Å². The molecule has 0 aliphatic heterocycles. The van der Waals surface area contributed by atoms with Crippen molar-refractivity contribution in [1.29, 1.82) is 0 Å². The Kier molecular flexibility index (Phi) is 3.21. The Labute approximate surface area is 117 Å². The highest BCUT2D eigenvalue weighted by Crippen LogP contribution is 2.30. The van der Waals surface area contributed by atoms with Crippen LogP contribution in [0.2, 0.25) is 0 Å². The van der Waals surface area contributed by atoms with Crippen molar-refractivity contribution in [3.63, 3.8) is 0 Å². The van der Waals surface area contributed by atoms with Crippen LogP contribution >= 0.6 is 0 Å². The number of fused-ring (bicyclic) bond motifs is 2. The zero-order valence-corrected chi connectivity index (χ0v) is 11.2. The summed E-state index contributed by atoms with van der Waals surface area (Å²) in [7, 11) is 0. The first-order chi connectivity index (χ1) is 9.78. The van der Waals surface area contributed by atoms with E-state index in [9.17, 15) is 4.79 Å². The maximum absolute atomic E-state index is 11.6. The minimum atomic E-state index is -0.354. The molecule has 0 aromatic heterocycles. The fourth-order valence-corrected chi connectivity index (χ4v) is 2.31. The summed E-state index contributed by atoms with van der Waals surface area (Å²) >= 11 is 0. The number of esters is 1. The van der Waals surface area contributed by atoms with E-state index in [1.54, 1.807) is 13.0 Å². The van der Waals surface area contributed by atoms with Gasteiger partial charge in [-0.25, -0.2) is 4.79 Å². The third-order valence-corrected chi connectivity index (χ3v) is 3.22. The van der Waals surface area contributed by atoms with Crippen LogP contribution in [-0.2, 0) is 4.79 Å². The first kappa shape index (κ1) is 12.4. The maximum Gasteiger partial charge on any atom is 0.335 e. The number of hydrogen-bond acceptors (Lipinski definition) is 2. The van der Waals surface area contributed by atoms with Crippen LogP contribution in [0.3, 0.4) is 0 Å². The van der Waals surface area contributed by atoms with Crippen LogP contribution in [0, 0.1) is 0 Å². The van der Waals surface area contributed by atoms with Gasteiger partial charge in [0.1, 0.15) is 5.75 Å². The quantitative estimate of drug-likeness (QED) is 0.295. The largest absolute Gasteiger partial charge is 0.423 e. The molecule has 3 aromatic rings. The molecule has 2 nitrogen and oxygen atoms in total. The normalized spacial score (nSPS) is 11.2. The average molecular weight is 262 g/mol. The van der Waals surface area contributed by atoms with Gasteiger partial charge in [0.2, 0.25) is 0 Å². The Morgan fingerprint density at radius 2 is 1.65 bits per heavy atom. The number of hydrogen-bond donors (Lipinski definition) is 0. The van der Waals surface area contributed by atoms with Crippen LogP contribution in [0.1, 0.15) is 6.92 Å². The summed E-state index contributed by atoms with van der Waals surface area (Å²) in [5, 5.41) is 4.32. The lowest BCUT2D eigenvalue weighted by atomic mass is 10.0. The van der Waals surface area contributed by atoms with Gasteiger partial charge in [-0.3, -0.25) is 0 Å². The molecule has 0 fully saturated rings. The van der Waals surface area contributed by atoms with E-state index in [-0.39, 0.29) is 5.97 Å². The lowest BCUT2D eigenvalue weighted by Gasteiger charge is -2.07. The van der Waals surface area contributed by atoms with Crippen molar-refractivity contribution in [2.24, 2.45) is 0 Å². The molecule has 98 valence electrons. The molecule has 0 unspecified atom stereocenters. The Hall–Kier alpha value is -2.61. The van der Waals surface area contributed by atoms with Gasteiger partial charge in [0.25, 0.3) is 0 Å². The van der Waals surface area contributed by atoms with Crippen molar-refractivity contribution in [3.05, 3.63) is 66.7 Å². The van der Waals surface area contributed by atoms with E-state index < -0.39 is 0 Å². The molecule has 3 aromatic carbocycles. The Morgan fingerprint density at radius 3 is 2.40 bits per heavy atom. The smallest absolute Gasteiger partial charge is 0.335 e. The first-order valence-electron chi connectivity index (χ1n) is 6.54. The van der Waals surface area contributed by atoms with Gasteiger partial charge in [0, 0.05) is 11.5 Å². The summed E-state index contributed by atoms with van der Waals surface area (Å²) in [5.41, 5.74) is 0. The second kappa shape index (κ2) is 5.17. The molecule has 0 heterocycles. The first-order valence-corrected chi connectivity index (χ1v) is 6.54. The number of ether oxygens (including phenoxy) is 1. The molecule has 0 saturated carbocycles. The van der Waals surface area contributed by atoms with Crippen LogP contribution < -0.4 is 4.74 Å². The van der Waals surface area contributed by atoms with E-state index in [1.807, 2.05) is 30.3 Å². The monoisotopic (exact) mass is 262 g/mol. The molecule has 0 aliphatic carbocycles. The molecule has 0 amide bonds. The number of benzene rings is 3. The molecule has 0 radical (unpaired) electrons. The van der Waals surface area contributed by atoms with Crippen LogP contribution in [0.4, 0.5) is 0 Å². The third-order valence-electron chi connectivity index (χ3n) is 3.22. The van der Waals surface area contributed by atoms with Crippen molar-refractivity contribution in [2.75, 3.05) is 0 Å². The summed E-state index contributed by atoms with van der Waals surface area (Å²) in [4.78, 5) is 11.6. The van der Waals surface area contributed by atoms with E-state index in [0.29, 0.717) is 5.75 Å². The number of carbonyl (C=O) groups excluding carboxylic acids is 1. The number of rotatable bonds is 2. The highest BCUT2D eigenvalue weighted by Gasteiger charge is 2.06. The molecule has 0 N–H and O–H groups in total. The Balaban J connectivity index is 2.17. The summed E-state index contributed by atoms with van der Waals surface area (Å²) in [6.07, 6.45) is 3.09. The van der Waals surface area contributed by atoms with Gasteiger partial charge < -0.3 is 4.74 Å². The van der Waals surface area contributed by atoms with Gasteiger partial charge in [-0.05, 0) is 41.3 Å². The topological polar surface area (TPSA) is 26.3 Å². The van der Waals surface area contributed by atoms with E-state index in [2.05, 4.69) is 24.3 Å². The molecule has 0 saturated heterocycles. The van der Waals surface area contributed by atoms with Gasteiger partial charge in [0.15, 0.2) is 0 Å². The number of carbonyl (C=O) groups is 1. The third kappa shape index (κ3) is 2.28. The molecule has 2 heteroatoms. The molecule has 0 aliphatic rings. The number of allylic oxidation sites excluding steroid dienone is 1. The van der Waals surface area contributed by atoms with Crippen LogP contribution in [0.5, 0.6) is 5.75 Å². The minimum Gasteiger partial charge on any atom is -0.423 e. The zero-order chi connectivity index (χ0) is 13.9. The summed E-state index contributed by atoms with van der Waals surface area (Å²) in [5.74, 6) is 0.240. The SMILES string of the molecule is CC=CC(=O)Oc1cccc2cc3ccccc3cc12. The van der Waals surface area contributed by atoms with Crippen LogP contribution in [0.25, 0.3) is 21.5 Å². The minimum absolute atomic E-state index is 0.354. The van der Waals surface area contributed by atoms with Gasteiger partial charge in [-0.2, -0.15) is 0 Å². The molecule has 0 bridgehead atoms. The van der Waals surface area contributed by atoms with E-state index in [4.69, 9.17) is 4.74 Å². The molecular formula is C18H14O2. The zero-order valence-electron chi connectivity index (χ0n) is 11.2. The predicted octanol–water partition coefficient (Wildman–Crippen LogP) is 4.47. The highest BCUT2D eigenvalue weighted by atomic mass is 16.5. The fourth-order valence-electron chi connectivity index (χ4n) is 2.31. The Bertz CT molecular complexity index is 816. The lowest BCUT2D eigenvalue weighted by Crippen LogP contribution is -2.03. The van der Waals surface area contributed by atoms with Crippen LogP contribution in [0.15, 0.2) is 66.7 Å². The average Bonchev–Trinajstić information content (AvgIpc) is 2.46. The van der Waals surface area contributed by atoms with Crippen molar-refractivity contribution in [2.45, 2.75) is 6.92 Å². The maximum atomic E-state index is 11.6. The highest BCUT2D eigenvalue weighted by molar-refractivity contribution is 6.01. The van der Waals surface area contributed by atoms with Crippen molar-refractivity contribution in [3.8, 4) is 5.75 Å². The van der Waals surface area contributed by atoms with Gasteiger partial charge >= 0.3 is 5.97 Å². The predicted molar refractivity (Wildman–Crippen MR) is 81.9 cm³/mol. The molecule has 0 atom stereocenters. The molecule has 0 spiro atoms. The Morgan fingerprint density at radius 1 is 0.950 bits per heavy atom. The van der Waals surface area contributed by atoms with Crippen molar-refractivity contribution >= 4 is 27.5 Å². The van der Waals surface area contributed by atoms with Gasteiger partial charge in [-0.15, -0.1) is 0 Å². The van der Waals surface area contributed by atoms with E-state index in [1.165, 1.54) is 11.5 Å². The van der Waals surface area contributed by atoms with E-state index in [0.717, 1.165) is 16.2 Å². The second-order valence-electron chi connectivity index (χ2n) is 4.60. The van der Waals surface area contributed by atoms with E-state index >= 15 is 0 Å². The summed E-state index contributed by atoms with van der Waals surface area (Å²) in [6, 6.07) is 18.1.